The number of hydrogen-bond acceptors (Lipinski definition) is 2. The molecule has 0 saturated carbocycles. The number of fused-ring (bicyclic) bond motifs is 1. The lowest BCUT2D eigenvalue weighted by Gasteiger charge is -2.11. The topological polar surface area (TPSA) is 26.3 Å². The number of carbonyl (C=O) groups excluding carboxylic acids is 1. The van der Waals surface area contributed by atoms with Gasteiger partial charge in [-0.05, 0) is 36.6 Å². The first kappa shape index (κ1) is 12.1. The summed E-state index contributed by atoms with van der Waals surface area (Å²) >= 11 is 7.06. The van der Waals surface area contributed by atoms with Gasteiger partial charge in [-0.2, -0.15) is 0 Å². The Kier molecular flexibility index (Phi) is 3.70. The van der Waals surface area contributed by atoms with Crippen molar-refractivity contribution in [1.82, 2.24) is 0 Å². The van der Waals surface area contributed by atoms with E-state index in [-0.39, 0.29) is 15.4 Å². The molecule has 0 heterocycles. The molecule has 0 saturated heterocycles. The van der Waals surface area contributed by atoms with Crippen molar-refractivity contribution in [3.05, 3.63) is 29.3 Å². The maximum Gasteiger partial charge on any atom is 0.176 e. The number of rotatable bonds is 1. The number of ketones is 1. The number of hydrogen-bond donors (Lipinski definition) is 0. The lowest BCUT2D eigenvalue weighted by molar-refractivity contribution is 0.0990. The van der Waals surface area contributed by atoms with Gasteiger partial charge < -0.3 is 4.74 Å². The average molecular weight is 348 g/mol. The molecule has 0 aliphatic heterocycles. The fraction of sp³-hybridized carbons (Fsp3) is 0.417. The van der Waals surface area contributed by atoms with Gasteiger partial charge in [-0.1, -0.05) is 31.9 Å². The Bertz CT molecular complexity index is 417. The molecular formula is C12H12Br2O2. The minimum Gasteiger partial charge on any atom is -0.497 e. The molecule has 0 bridgehead atoms. The molecule has 0 spiro atoms. The van der Waals surface area contributed by atoms with Crippen LogP contribution in [0.2, 0.25) is 0 Å². The van der Waals surface area contributed by atoms with Gasteiger partial charge in [0.1, 0.15) is 5.75 Å². The summed E-state index contributed by atoms with van der Waals surface area (Å²) in [5.74, 6) is 0.962. The number of halogens is 2. The fourth-order valence-corrected chi connectivity index (χ4v) is 3.05. The Morgan fingerprint density at radius 2 is 1.94 bits per heavy atom. The highest BCUT2D eigenvalue weighted by molar-refractivity contribution is 9.10. The van der Waals surface area contributed by atoms with Gasteiger partial charge in [0, 0.05) is 10.4 Å². The van der Waals surface area contributed by atoms with E-state index >= 15 is 0 Å². The third kappa shape index (κ3) is 2.18. The number of Topliss-reactive ketones (excluding diaryl/α,β-unsaturated/α-hetero) is 1. The standard InChI is InChI=1S/C12H12Br2O2/c1-16-7-2-3-8-9(6-7)10(13)4-5-11(14)12(8)15/h2-3,6,10-11H,4-5H2,1H3. The zero-order chi connectivity index (χ0) is 11.7. The van der Waals surface area contributed by atoms with Gasteiger partial charge in [0.05, 0.1) is 11.9 Å². The van der Waals surface area contributed by atoms with E-state index in [1.165, 1.54) is 0 Å². The lowest BCUT2D eigenvalue weighted by Crippen LogP contribution is -2.12. The molecular weight excluding hydrogens is 336 g/mol. The molecule has 1 aromatic rings. The first-order valence-corrected chi connectivity index (χ1v) is 6.97. The van der Waals surface area contributed by atoms with Crippen molar-refractivity contribution in [2.24, 2.45) is 0 Å². The van der Waals surface area contributed by atoms with Gasteiger partial charge in [-0.25, -0.2) is 0 Å². The Labute approximate surface area is 112 Å². The lowest BCUT2D eigenvalue weighted by atomic mass is 10.0. The van der Waals surface area contributed by atoms with Crippen LogP contribution in [0.5, 0.6) is 5.75 Å². The number of benzene rings is 1. The summed E-state index contributed by atoms with van der Waals surface area (Å²) in [7, 11) is 1.64. The van der Waals surface area contributed by atoms with Gasteiger partial charge in [0.25, 0.3) is 0 Å². The summed E-state index contributed by atoms with van der Waals surface area (Å²) < 4.78 is 5.19. The largest absolute Gasteiger partial charge is 0.497 e. The molecule has 0 amide bonds. The van der Waals surface area contributed by atoms with Gasteiger partial charge in [-0.3, -0.25) is 4.79 Å². The summed E-state index contributed by atoms with van der Waals surface area (Å²) in [5, 5.41) is 0. The molecule has 2 nitrogen and oxygen atoms in total. The van der Waals surface area contributed by atoms with Crippen LogP contribution in [0.4, 0.5) is 0 Å². The summed E-state index contributed by atoms with van der Waals surface area (Å²) in [5.41, 5.74) is 1.83. The predicted molar refractivity (Wildman–Crippen MR) is 70.9 cm³/mol. The second-order valence-corrected chi connectivity index (χ2v) is 6.04. The van der Waals surface area contributed by atoms with Crippen LogP contribution in [-0.2, 0) is 0 Å². The second kappa shape index (κ2) is 4.88. The van der Waals surface area contributed by atoms with Crippen molar-refractivity contribution in [2.45, 2.75) is 22.5 Å². The SMILES string of the molecule is COc1ccc2c(c1)C(Br)CCC(Br)C2=O. The predicted octanol–water partition coefficient (Wildman–Crippen LogP) is 3.87. The minimum atomic E-state index is -0.0674. The smallest absolute Gasteiger partial charge is 0.176 e. The Morgan fingerprint density at radius 1 is 1.25 bits per heavy atom. The molecule has 1 aromatic carbocycles. The highest BCUT2D eigenvalue weighted by Gasteiger charge is 2.27. The molecule has 2 atom stereocenters. The zero-order valence-electron chi connectivity index (χ0n) is 8.87. The zero-order valence-corrected chi connectivity index (χ0v) is 12.0. The van der Waals surface area contributed by atoms with E-state index < -0.39 is 0 Å². The number of alkyl halides is 2. The van der Waals surface area contributed by atoms with Crippen molar-refractivity contribution >= 4 is 37.6 Å². The van der Waals surface area contributed by atoms with E-state index in [1.807, 2.05) is 18.2 Å². The minimum absolute atomic E-state index is 0.0674. The number of methoxy groups -OCH3 is 1. The molecule has 86 valence electrons. The molecule has 2 unspecified atom stereocenters. The molecule has 0 fully saturated rings. The Morgan fingerprint density at radius 3 is 2.62 bits per heavy atom. The Hall–Kier alpha value is -0.350. The van der Waals surface area contributed by atoms with Gasteiger partial charge in [-0.15, -0.1) is 0 Å². The normalized spacial score (nSPS) is 24.8. The van der Waals surface area contributed by atoms with Crippen LogP contribution in [-0.4, -0.2) is 17.7 Å². The number of carbonyl (C=O) groups is 1. The Balaban J connectivity index is 2.51. The van der Waals surface area contributed by atoms with Crippen LogP contribution in [0.25, 0.3) is 0 Å². The molecule has 1 aliphatic carbocycles. The quantitative estimate of drug-likeness (QED) is 0.569. The first-order valence-electron chi connectivity index (χ1n) is 5.13. The highest BCUT2D eigenvalue weighted by atomic mass is 79.9. The molecule has 1 aliphatic rings. The maximum atomic E-state index is 12.1. The number of ether oxygens (including phenoxy) is 1. The van der Waals surface area contributed by atoms with Crippen LogP contribution in [0.15, 0.2) is 18.2 Å². The molecule has 4 heteroatoms. The monoisotopic (exact) mass is 346 g/mol. The third-order valence-electron chi connectivity index (χ3n) is 2.82. The van der Waals surface area contributed by atoms with E-state index in [4.69, 9.17) is 4.74 Å². The van der Waals surface area contributed by atoms with Crippen molar-refractivity contribution < 1.29 is 9.53 Å². The van der Waals surface area contributed by atoms with Gasteiger partial charge in [0.2, 0.25) is 0 Å². The first-order chi connectivity index (χ1) is 7.63. The van der Waals surface area contributed by atoms with Gasteiger partial charge >= 0.3 is 0 Å². The summed E-state index contributed by atoms with van der Waals surface area (Å²) in [6, 6.07) is 5.63. The van der Waals surface area contributed by atoms with Crippen LogP contribution in [0, 0.1) is 0 Å². The van der Waals surface area contributed by atoms with Crippen LogP contribution < -0.4 is 4.74 Å². The van der Waals surface area contributed by atoms with E-state index in [9.17, 15) is 4.79 Å². The van der Waals surface area contributed by atoms with Crippen LogP contribution in [0.3, 0.4) is 0 Å². The highest BCUT2D eigenvalue weighted by Crippen LogP contribution is 2.38. The molecule has 2 rings (SSSR count). The van der Waals surface area contributed by atoms with Crippen molar-refractivity contribution in [1.29, 1.82) is 0 Å². The van der Waals surface area contributed by atoms with Crippen LogP contribution >= 0.6 is 31.9 Å². The van der Waals surface area contributed by atoms with E-state index in [0.717, 1.165) is 29.7 Å². The average Bonchev–Trinajstić information content (AvgIpc) is 2.42. The summed E-state index contributed by atoms with van der Waals surface area (Å²) in [6.45, 7) is 0. The van der Waals surface area contributed by atoms with E-state index in [1.54, 1.807) is 7.11 Å². The van der Waals surface area contributed by atoms with Crippen LogP contribution in [0.1, 0.15) is 33.6 Å². The fourth-order valence-electron chi connectivity index (χ4n) is 1.90. The molecule has 0 aromatic heterocycles. The van der Waals surface area contributed by atoms with E-state index in [0.29, 0.717) is 0 Å². The van der Waals surface area contributed by atoms with Crippen molar-refractivity contribution in [3.63, 3.8) is 0 Å². The molecule has 16 heavy (non-hydrogen) atoms. The third-order valence-corrected chi connectivity index (χ3v) is 4.64. The van der Waals surface area contributed by atoms with Crippen molar-refractivity contribution in [3.8, 4) is 5.75 Å². The maximum absolute atomic E-state index is 12.1. The summed E-state index contributed by atoms with van der Waals surface area (Å²) in [4.78, 5) is 12.2. The second-order valence-electron chi connectivity index (χ2n) is 3.83. The van der Waals surface area contributed by atoms with E-state index in [2.05, 4.69) is 31.9 Å². The molecule has 0 radical (unpaired) electrons. The van der Waals surface area contributed by atoms with Crippen molar-refractivity contribution in [2.75, 3.05) is 7.11 Å². The molecule has 0 N–H and O–H groups in total. The van der Waals surface area contributed by atoms with Gasteiger partial charge in [0.15, 0.2) is 5.78 Å². The summed E-state index contributed by atoms with van der Waals surface area (Å²) in [6.07, 6.45) is 1.80.